The molecule has 36 heavy (non-hydrogen) atoms. The highest BCUT2D eigenvalue weighted by Gasteiger charge is 2.52. The molecule has 4 heteroatoms. The van der Waals surface area contributed by atoms with Crippen LogP contribution in [0, 0.1) is 6.92 Å². The molecule has 0 spiro atoms. The van der Waals surface area contributed by atoms with E-state index in [4.69, 9.17) is 9.26 Å². The van der Waals surface area contributed by atoms with Crippen molar-refractivity contribution in [3.8, 4) is 22.5 Å². The largest absolute Gasteiger partial charge is 0.465 e. The topological polar surface area (TPSA) is 52.3 Å². The number of carbonyl (C=O) groups excluding carboxylic acids is 1. The van der Waals surface area contributed by atoms with Crippen LogP contribution in [-0.4, -0.2) is 17.7 Å². The summed E-state index contributed by atoms with van der Waals surface area (Å²) in [4.78, 5) is 12.4. The fraction of sp³-hybridized carbons (Fsp3) is 0.250. The first-order valence-electron chi connectivity index (χ1n) is 12.7. The lowest BCUT2D eigenvalue weighted by Crippen LogP contribution is -2.23. The van der Waals surface area contributed by atoms with Crippen molar-refractivity contribution in [1.29, 1.82) is 0 Å². The van der Waals surface area contributed by atoms with Gasteiger partial charge in [-0.05, 0) is 61.8 Å². The third kappa shape index (κ3) is 4.90. The number of nitrogens with zero attached hydrogens (tertiary/aromatic N) is 1. The molecule has 4 aromatic rings. The molecule has 0 saturated heterocycles. The molecule has 0 atom stereocenters. The summed E-state index contributed by atoms with van der Waals surface area (Å²) in [6.45, 7) is 4.25. The predicted molar refractivity (Wildman–Crippen MR) is 143 cm³/mol. The standard InChI is InChI=1S/C32H31NO3/c1-3-35-31(34)32(21-22-32)28-19-17-26(18-20-28)25-13-15-27(16-14-25)30-29(23(2)33-36-30)12-8-7-11-24-9-5-4-6-10-24/h4-6,8-10,12-20H,3,7,11,21-22H2,1-2H3/b12-8-. The molecule has 1 saturated carbocycles. The summed E-state index contributed by atoms with van der Waals surface area (Å²) < 4.78 is 11.0. The molecule has 1 fully saturated rings. The molecule has 3 aromatic carbocycles. The lowest BCUT2D eigenvalue weighted by molar-refractivity contribution is -0.146. The molecule has 0 radical (unpaired) electrons. The fourth-order valence-electron chi connectivity index (χ4n) is 4.68. The predicted octanol–water partition coefficient (Wildman–Crippen LogP) is 7.56. The highest BCUT2D eigenvalue weighted by Crippen LogP contribution is 2.49. The molecule has 1 heterocycles. The van der Waals surface area contributed by atoms with Crippen LogP contribution in [0.2, 0.25) is 0 Å². The zero-order chi connectivity index (χ0) is 25.0. The summed E-state index contributed by atoms with van der Waals surface area (Å²) in [5.74, 6) is 0.685. The van der Waals surface area contributed by atoms with Crippen LogP contribution in [0.15, 0.2) is 89.5 Å². The molecule has 1 aliphatic carbocycles. The molecule has 5 rings (SSSR count). The molecule has 0 bridgehead atoms. The van der Waals surface area contributed by atoms with E-state index >= 15 is 0 Å². The van der Waals surface area contributed by atoms with Crippen molar-refractivity contribution in [2.75, 3.05) is 6.61 Å². The van der Waals surface area contributed by atoms with Crippen LogP contribution < -0.4 is 0 Å². The fourth-order valence-corrected chi connectivity index (χ4v) is 4.68. The molecular weight excluding hydrogens is 446 g/mol. The third-order valence-corrected chi connectivity index (χ3v) is 6.97. The van der Waals surface area contributed by atoms with Crippen LogP contribution in [0.5, 0.6) is 0 Å². The maximum atomic E-state index is 12.4. The average molecular weight is 478 g/mol. The van der Waals surface area contributed by atoms with Crippen LogP contribution in [0.3, 0.4) is 0 Å². The number of carbonyl (C=O) groups is 1. The van der Waals surface area contributed by atoms with Crippen molar-refractivity contribution in [2.45, 2.75) is 44.9 Å². The van der Waals surface area contributed by atoms with Crippen LogP contribution in [0.25, 0.3) is 28.5 Å². The van der Waals surface area contributed by atoms with Crippen molar-refractivity contribution in [3.05, 3.63) is 107 Å². The lowest BCUT2D eigenvalue weighted by Gasteiger charge is -2.14. The van der Waals surface area contributed by atoms with Gasteiger partial charge in [-0.1, -0.05) is 96.2 Å². The van der Waals surface area contributed by atoms with Crippen LogP contribution in [-0.2, 0) is 21.4 Å². The van der Waals surface area contributed by atoms with Crippen molar-refractivity contribution in [3.63, 3.8) is 0 Å². The van der Waals surface area contributed by atoms with E-state index in [0.717, 1.165) is 65.0 Å². The maximum Gasteiger partial charge on any atom is 0.316 e. The monoisotopic (exact) mass is 477 g/mol. The van der Waals surface area contributed by atoms with Crippen LogP contribution in [0.1, 0.15) is 48.6 Å². The number of ether oxygens (including phenoxy) is 1. The Bertz CT molecular complexity index is 1350. The second-order valence-corrected chi connectivity index (χ2v) is 9.39. The Morgan fingerprint density at radius 3 is 2.22 bits per heavy atom. The van der Waals surface area contributed by atoms with Gasteiger partial charge in [0.05, 0.1) is 17.7 Å². The molecule has 0 amide bonds. The average Bonchev–Trinajstić information content (AvgIpc) is 3.66. The molecule has 0 unspecified atom stereocenters. The van der Waals surface area contributed by atoms with Crippen molar-refractivity contribution >= 4 is 12.0 Å². The van der Waals surface area contributed by atoms with Crippen molar-refractivity contribution in [2.24, 2.45) is 0 Å². The van der Waals surface area contributed by atoms with Crippen LogP contribution in [0.4, 0.5) is 0 Å². The number of allylic oxidation sites excluding steroid dienone is 1. The van der Waals surface area contributed by atoms with E-state index in [2.05, 4.69) is 90.1 Å². The Morgan fingerprint density at radius 2 is 1.58 bits per heavy atom. The third-order valence-electron chi connectivity index (χ3n) is 6.97. The van der Waals surface area contributed by atoms with E-state index in [0.29, 0.717) is 6.61 Å². The Balaban J connectivity index is 1.29. The quantitative estimate of drug-likeness (QED) is 0.233. The van der Waals surface area contributed by atoms with Gasteiger partial charge in [0.2, 0.25) is 0 Å². The van der Waals surface area contributed by atoms with E-state index in [1.807, 2.05) is 19.9 Å². The number of hydrogen-bond donors (Lipinski definition) is 0. The van der Waals surface area contributed by atoms with Gasteiger partial charge in [0, 0.05) is 11.1 Å². The van der Waals surface area contributed by atoms with Gasteiger partial charge in [0.1, 0.15) is 0 Å². The number of benzene rings is 3. The van der Waals surface area contributed by atoms with Crippen LogP contribution >= 0.6 is 0 Å². The van der Waals surface area contributed by atoms with E-state index in [1.54, 1.807) is 0 Å². The first kappa shape index (κ1) is 23.8. The minimum Gasteiger partial charge on any atom is -0.465 e. The summed E-state index contributed by atoms with van der Waals surface area (Å²) in [6, 6.07) is 27.2. The summed E-state index contributed by atoms with van der Waals surface area (Å²) >= 11 is 0. The zero-order valence-corrected chi connectivity index (χ0v) is 20.9. The number of rotatable bonds is 9. The van der Waals surface area contributed by atoms with Gasteiger partial charge in [-0.2, -0.15) is 0 Å². The zero-order valence-electron chi connectivity index (χ0n) is 20.9. The second kappa shape index (κ2) is 10.4. The molecule has 1 aliphatic rings. The highest BCUT2D eigenvalue weighted by molar-refractivity contribution is 5.87. The summed E-state index contributed by atoms with van der Waals surface area (Å²) in [5.41, 5.74) is 7.07. The van der Waals surface area contributed by atoms with Gasteiger partial charge in [0.25, 0.3) is 0 Å². The van der Waals surface area contributed by atoms with E-state index in [9.17, 15) is 4.79 Å². The molecule has 182 valence electrons. The minimum atomic E-state index is -0.437. The van der Waals surface area contributed by atoms with Gasteiger partial charge in [-0.15, -0.1) is 0 Å². The Labute approximate surface area is 212 Å². The Morgan fingerprint density at radius 1 is 0.944 bits per heavy atom. The normalized spacial score (nSPS) is 14.2. The SMILES string of the molecule is CCOC(=O)C1(c2ccc(-c3ccc(-c4onc(C)c4/C=C\CCc4ccccc4)cc3)cc2)CC1. The minimum absolute atomic E-state index is 0.102. The van der Waals surface area contributed by atoms with Gasteiger partial charge < -0.3 is 9.26 Å². The number of esters is 1. The summed E-state index contributed by atoms with van der Waals surface area (Å²) in [7, 11) is 0. The molecule has 0 aliphatic heterocycles. The smallest absolute Gasteiger partial charge is 0.316 e. The summed E-state index contributed by atoms with van der Waals surface area (Å²) in [5, 5.41) is 4.21. The van der Waals surface area contributed by atoms with Gasteiger partial charge >= 0.3 is 5.97 Å². The highest BCUT2D eigenvalue weighted by atomic mass is 16.5. The maximum absolute atomic E-state index is 12.4. The first-order chi connectivity index (χ1) is 17.6. The Hall–Kier alpha value is -3.92. The Kier molecular flexibility index (Phi) is 6.86. The van der Waals surface area contributed by atoms with Gasteiger partial charge in [-0.25, -0.2) is 0 Å². The van der Waals surface area contributed by atoms with E-state index in [1.165, 1.54) is 5.56 Å². The van der Waals surface area contributed by atoms with E-state index < -0.39 is 5.41 Å². The van der Waals surface area contributed by atoms with Gasteiger partial charge in [0.15, 0.2) is 5.76 Å². The lowest BCUT2D eigenvalue weighted by atomic mass is 9.93. The van der Waals surface area contributed by atoms with E-state index in [-0.39, 0.29) is 5.97 Å². The second-order valence-electron chi connectivity index (χ2n) is 9.39. The van der Waals surface area contributed by atoms with Crippen molar-refractivity contribution < 1.29 is 14.1 Å². The first-order valence-corrected chi connectivity index (χ1v) is 12.7. The van der Waals surface area contributed by atoms with Gasteiger partial charge in [-0.3, -0.25) is 4.79 Å². The number of hydrogen-bond acceptors (Lipinski definition) is 4. The van der Waals surface area contributed by atoms with Crippen molar-refractivity contribution in [1.82, 2.24) is 5.16 Å². The molecular formula is C32H31NO3. The molecule has 0 N–H and O–H groups in total. The number of aryl methyl sites for hydroxylation is 2. The molecule has 4 nitrogen and oxygen atoms in total. The molecule has 1 aromatic heterocycles. The summed E-state index contributed by atoms with van der Waals surface area (Å²) in [6.07, 6.45) is 7.99. The number of aromatic nitrogens is 1.